The van der Waals surface area contributed by atoms with Gasteiger partial charge in [0.05, 0.1) is 18.6 Å². The lowest BCUT2D eigenvalue weighted by molar-refractivity contribution is -0.0380. The van der Waals surface area contributed by atoms with Crippen LogP contribution in [-0.2, 0) is 10.2 Å². The number of ether oxygens (including phenoxy) is 1. The van der Waals surface area contributed by atoms with Crippen molar-refractivity contribution in [1.82, 2.24) is 0 Å². The highest BCUT2D eigenvalue weighted by Crippen LogP contribution is 2.39. The average molecular weight is 257 g/mol. The molecular weight excluding hydrogens is 241 g/mol. The van der Waals surface area contributed by atoms with Crippen LogP contribution in [0, 0.1) is 12.7 Å². The summed E-state index contributed by atoms with van der Waals surface area (Å²) >= 11 is 0. The van der Waals surface area contributed by atoms with Gasteiger partial charge < -0.3 is 10.5 Å². The molecule has 2 aromatic carbocycles. The van der Waals surface area contributed by atoms with Crippen molar-refractivity contribution in [1.29, 1.82) is 0 Å². The number of aryl methyl sites for hydroxylation is 1. The van der Waals surface area contributed by atoms with Crippen molar-refractivity contribution in [3.05, 3.63) is 65.0 Å². The first-order chi connectivity index (χ1) is 9.12. The Labute approximate surface area is 112 Å². The van der Waals surface area contributed by atoms with Crippen molar-refractivity contribution >= 4 is 5.69 Å². The van der Waals surface area contributed by atoms with Crippen molar-refractivity contribution in [2.75, 3.05) is 18.9 Å². The molecule has 98 valence electrons. The predicted octanol–water partition coefficient (Wildman–Crippen LogP) is 3.03. The number of anilines is 1. The number of benzene rings is 2. The first kappa shape index (κ1) is 12.2. The van der Waals surface area contributed by atoms with Gasteiger partial charge in [0.15, 0.2) is 0 Å². The number of hydrogen-bond donors (Lipinski definition) is 1. The average Bonchev–Trinajstić information content (AvgIpc) is 2.34. The smallest absolute Gasteiger partial charge is 0.126 e. The lowest BCUT2D eigenvalue weighted by atomic mass is 9.72. The van der Waals surface area contributed by atoms with Gasteiger partial charge >= 0.3 is 0 Å². The molecule has 1 aliphatic heterocycles. The Balaban J connectivity index is 2.07. The van der Waals surface area contributed by atoms with E-state index in [4.69, 9.17) is 10.5 Å². The molecule has 2 aromatic rings. The third kappa shape index (κ3) is 1.90. The molecular formula is C16H16FNO. The van der Waals surface area contributed by atoms with Gasteiger partial charge in [-0.05, 0) is 41.8 Å². The highest BCUT2D eigenvalue weighted by molar-refractivity contribution is 5.48. The molecule has 2 nitrogen and oxygen atoms in total. The lowest BCUT2D eigenvalue weighted by Crippen LogP contribution is -2.47. The van der Waals surface area contributed by atoms with Crippen LogP contribution in [0.25, 0.3) is 0 Å². The monoisotopic (exact) mass is 257 g/mol. The van der Waals surface area contributed by atoms with Gasteiger partial charge in [0.25, 0.3) is 0 Å². The quantitative estimate of drug-likeness (QED) is 0.839. The fraction of sp³-hybridized carbons (Fsp3) is 0.250. The van der Waals surface area contributed by atoms with Gasteiger partial charge in [-0.25, -0.2) is 4.39 Å². The van der Waals surface area contributed by atoms with E-state index in [1.165, 1.54) is 11.6 Å². The van der Waals surface area contributed by atoms with Crippen molar-refractivity contribution in [3.8, 4) is 0 Å². The summed E-state index contributed by atoms with van der Waals surface area (Å²) in [5.74, 6) is -0.170. The number of halogens is 1. The van der Waals surface area contributed by atoms with E-state index in [9.17, 15) is 4.39 Å². The number of hydrogen-bond acceptors (Lipinski definition) is 2. The normalized spacial score (nSPS) is 16.9. The van der Waals surface area contributed by atoms with E-state index >= 15 is 0 Å². The van der Waals surface area contributed by atoms with E-state index in [1.807, 2.05) is 36.4 Å². The second-order valence-electron chi connectivity index (χ2n) is 5.16. The molecule has 3 heteroatoms. The maximum atomic E-state index is 13.4. The maximum Gasteiger partial charge on any atom is 0.126 e. The van der Waals surface area contributed by atoms with Crippen LogP contribution in [0.4, 0.5) is 10.1 Å². The Hall–Kier alpha value is -1.87. The maximum absolute atomic E-state index is 13.4. The van der Waals surface area contributed by atoms with E-state index in [0.29, 0.717) is 18.8 Å². The van der Waals surface area contributed by atoms with Gasteiger partial charge in [-0.15, -0.1) is 0 Å². The molecule has 2 N–H and O–H groups in total. The summed E-state index contributed by atoms with van der Waals surface area (Å²) in [4.78, 5) is 0. The van der Waals surface area contributed by atoms with Crippen molar-refractivity contribution in [2.24, 2.45) is 0 Å². The standard InChI is InChI=1S/C16H16FNO/c1-11-8-13(4-7-15(11)17)16(9-19-10-16)12-2-5-14(18)6-3-12/h2-8H,9-10,18H2,1H3. The second kappa shape index (κ2) is 4.35. The van der Waals surface area contributed by atoms with Crippen LogP contribution in [0.3, 0.4) is 0 Å². The molecule has 1 saturated heterocycles. The molecule has 19 heavy (non-hydrogen) atoms. The Kier molecular flexibility index (Phi) is 2.79. The van der Waals surface area contributed by atoms with Gasteiger partial charge in [-0.1, -0.05) is 24.3 Å². The van der Waals surface area contributed by atoms with Gasteiger partial charge in [0.2, 0.25) is 0 Å². The highest BCUT2D eigenvalue weighted by Gasteiger charge is 2.42. The summed E-state index contributed by atoms with van der Waals surface area (Å²) in [6, 6.07) is 13.1. The van der Waals surface area contributed by atoms with Crippen molar-refractivity contribution in [3.63, 3.8) is 0 Å². The SMILES string of the molecule is Cc1cc(C2(c3ccc(N)cc3)COC2)ccc1F. The van der Waals surface area contributed by atoms with E-state index < -0.39 is 0 Å². The van der Waals surface area contributed by atoms with E-state index in [0.717, 1.165) is 11.3 Å². The Morgan fingerprint density at radius 2 is 1.68 bits per heavy atom. The van der Waals surface area contributed by atoms with Crippen LogP contribution < -0.4 is 5.73 Å². The Bertz CT molecular complexity index is 603. The first-order valence-electron chi connectivity index (χ1n) is 6.32. The number of nitrogens with two attached hydrogens (primary N) is 1. The molecule has 0 aliphatic carbocycles. The van der Waals surface area contributed by atoms with Gasteiger partial charge in [-0.2, -0.15) is 0 Å². The van der Waals surface area contributed by atoms with Crippen LogP contribution in [0.5, 0.6) is 0 Å². The van der Waals surface area contributed by atoms with E-state index in [2.05, 4.69) is 0 Å². The molecule has 1 fully saturated rings. The zero-order valence-corrected chi connectivity index (χ0v) is 10.8. The molecule has 0 bridgehead atoms. The Morgan fingerprint density at radius 1 is 1.05 bits per heavy atom. The first-order valence-corrected chi connectivity index (χ1v) is 6.32. The molecule has 0 spiro atoms. The highest BCUT2D eigenvalue weighted by atomic mass is 19.1. The summed E-state index contributed by atoms with van der Waals surface area (Å²) < 4.78 is 18.8. The minimum atomic E-state index is -0.170. The molecule has 0 unspecified atom stereocenters. The minimum Gasteiger partial charge on any atom is -0.399 e. The summed E-state index contributed by atoms with van der Waals surface area (Å²) in [7, 11) is 0. The fourth-order valence-electron chi connectivity index (χ4n) is 2.55. The lowest BCUT2D eigenvalue weighted by Gasteiger charge is -2.42. The summed E-state index contributed by atoms with van der Waals surface area (Å²) in [5, 5.41) is 0. The number of nitrogen functional groups attached to an aromatic ring is 1. The Morgan fingerprint density at radius 3 is 2.21 bits per heavy atom. The molecule has 1 aliphatic rings. The third-order valence-electron chi connectivity index (χ3n) is 3.87. The van der Waals surface area contributed by atoms with Crippen molar-refractivity contribution in [2.45, 2.75) is 12.3 Å². The largest absolute Gasteiger partial charge is 0.399 e. The molecule has 0 amide bonds. The molecule has 0 saturated carbocycles. The molecule has 0 atom stereocenters. The number of rotatable bonds is 2. The van der Waals surface area contributed by atoms with E-state index in [-0.39, 0.29) is 11.2 Å². The van der Waals surface area contributed by atoms with Gasteiger partial charge in [-0.3, -0.25) is 0 Å². The molecule has 3 rings (SSSR count). The zero-order valence-electron chi connectivity index (χ0n) is 10.8. The van der Waals surface area contributed by atoms with Crippen LogP contribution in [0.15, 0.2) is 42.5 Å². The van der Waals surface area contributed by atoms with Gasteiger partial charge in [0, 0.05) is 5.69 Å². The predicted molar refractivity (Wildman–Crippen MR) is 73.6 cm³/mol. The topological polar surface area (TPSA) is 35.2 Å². The fourth-order valence-corrected chi connectivity index (χ4v) is 2.55. The molecule has 0 aromatic heterocycles. The minimum absolute atomic E-state index is 0.161. The zero-order chi connectivity index (χ0) is 13.5. The second-order valence-corrected chi connectivity index (χ2v) is 5.16. The summed E-state index contributed by atoms with van der Waals surface area (Å²) in [6.07, 6.45) is 0. The molecule has 1 heterocycles. The van der Waals surface area contributed by atoms with E-state index in [1.54, 1.807) is 6.92 Å². The van der Waals surface area contributed by atoms with Crippen LogP contribution in [-0.4, -0.2) is 13.2 Å². The third-order valence-corrected chi connectivity index (χ3v) is 3.87. The van der Waals surface area contributed by atoms with Crippen molar-refractivity contribution < 1.29 is 9.13 Å². The summed E-state index contributed by atoms with van der Waals surface area (Å²) in [5.41, 5.74) is 9.25. The van der Waals surface area contributed by atoms with Gasteiger partial charge in [0.1, 0.15) is 5.82 Å². The van der Waals surface area contributed by atoms with Crippen LogP contribution in [0.1, 0.15) is 16.7 Å². The van der Waals surface area contributed by atoms with Crippen LogP contribution >= 0.6 is 0 Å². The summed E-state index contributed by atoms with van der Waals surface area (Å²) in [6.45, 7) is 3.04. The molecule has 0 radical (unpaired) electrons. The van der Waals surface area contributed by atoms with Crippen LogP contribution in [0.2, 0.25) is 0 Å².